The number of amides is 1. The molecule has 120 valence electrons. The largest absolute Gasteiger partial charge is 0.353 e. The highest BCUT2D eigenvalue weighted by molar-refractivity contribution is 8.00. The molecule has 4 nitrogen and oxygen atoms in total. The maximum Gasteiger partial charge on any atom is 0.230 e. The maximum absolute atomic E-state index is 14.1. The van der Waals surface area contributed by atoms with Crippen LogP contribution in [-0.4, -0.2) is 27.7 Å². The number of fused-ring (bicyclic) bond motifs is 3. The minimum absolute atomic E-state index is 0.0246. The van der Waals surface area contributed by atoms with E-state index in [1.54, 1.807) is 6.07 Å². The van der Waals surface area contributed by atoms with Crippen molar-refractivity contribution in [3.05, 3.63) is 30.3 Å². The van der Waals surface area contributed by atoms with Crippen molar-refractivity contribution in [2.75, 3.05) is 5.75 Å². The van der Waals surface area contributed by atoms with Crippen molar-refractivity contribution in [2.45, 2.75) is 31.3 Å². The maximum atomic E-state index is 14.1. The van der Waals surface area contributed by atoms with Gasteiger partial charge in [0, 0.05) is 10.7 Å². The Hall–Kier alpha value is -1.73. The third-order valence-corrected chi connectivity index (χ3v) is 5.82. The van der Waals surface area contributed by atoms with E-state index in [1.165, 1.54) is 35.5 Å². The third kappa shape index (κ3) is 3.30. The first kappa shape index (κ1) is 16.1. The highest BCUT2D eigenvalue weighted by Gasteiger charge is 2.15. The van der Waals surface area contributed by atoms with Crippen molar-refractivity contribution < 1.29 is 9.18 Å². The van der Waals surface area contributed by atoms with Crippen LogP contribution in [0, 0.1) is 5.82 Å². The lowest BCUT2D eigenvalue weighted by Gasteiger charge is -2.10. The molecule has 0 aliphatic carbocycles. The van der Waals surface area contributed by atoms with Gasteiger partial charge in [0.2, 0.25) is 5.91 Å². The van der Waals surface area contributed by atoms with E-state index in [1.807, 2.05) is 19.9 Å². The second-order valence-electron chi connectivity index (χ2n) is 5.24. The zero-order valence-corrected chi connectivity index (χ0v) is 14.4. The van der Waals surface area contributed by atoms with Gasteiger partial charge in [0.1, 0.15) is 17.2 Å². The van der Waals surface area contributed by atoms with Crippen LogP contribution >= 0.6 is 23.1 Å². The van der Waals surface area contributed by atoms with Crippen LogP contribution in [0.2, 0.25) is 0 Å². The van der Waals surface area contributed by atoms with Crippen molar-refractivity contribution in [3.63, 3.8) is 0 Å². The van der Waals surface area contributed by atoms with Crippen molar-refractivity contribution in [2.24, 2.45) is 0 Å². The number of carbonyl (C=O) groups excluding carboxylic acids is 1. The van der Waals surface area contributed by atoms with Crippen molar-refractivity contribution in [1.82, 2.24) is 15.3 Å². The predicted molar refractivity (Wildman–Crippen MR) is 93.5 cm³/mol. The molecule has 1 N–H and O–H groups in total. The SMILES string of the molecule is CCC(C)NC(=O)CSc1ncnc2c1sc1cccc(F)c12. The van der Waals surface area contributed by atoms with Crippen LogP contribution in [0.25, 0.3) is 20.3 Å². The van der Waals surface area contributed by atoms with E-state index in [4.69, 9.17) is 0 Å². The van der Waals surface area contributed by atoms with Gasteiger partial charge >= 0.3 is 0 Å². The first-order chi connectivity index (χ1) is 11.1. The molecule has 1 atom stereocenters. The Balaban J connectivity index is 1.89. The average Bonchev–Trinajstić information content (AvgIpc) is 2.93. The van der Waals surface area contributed by atoms with Gasteiger partial charge in [-0.05, 0) is 25.5 Å². The molecule has 0 bridgehead atoms. The van der Waals surface area contributed by atoms with Gasteiger partial charge in [0.25, 0.3) is 0 Å². The number of aromatic nitrogens is 2. The Kier molecular flexibility index (Phi) is 4.77. The Morgan fingerprint density at radius 1 is 1.43 bits per heavy atom. The molecule has 0 aliphatic rings. The number of thioether (sulfide) groups is 1. The summed E-state index contributed by atoms with van der Waals surface area (Å²) in [6.07, 6.45) is 2.32. The monoisotopic (exact) mass is 349 g/mol. The van der Waals surface area contributed by atoms with Gasteiger partial charge in [-0.25, -0.2) is 14.4 Å². The van der Waals surface area contributed by atoms with Crippen molar-refractivity contribution in [3.8, 4) is 0 Å². The summed E-state index contributed by atoms with van der Waals surface area (Å²) < 4.78 is 15.7. The number of rotatable bonds is 5. The molecule has 7 heteroatoms. The summed E-state index contributed by atoms with van der Waals surface area (Å²) in [5.74, 6) is -0.0194. The van der Waals surface area contributed by atoms with Gasteiger partial charge in [-0.15, -0.1) is 11.3 Å². The molecule has 1 amide bonds. The Morgan fingerprint density at radius 3 is 3.04 bits per heavy atom. The van der Waals surface area contributed by atoms with Gasteiger partial charge in [-0.2, -0.15) is 0 Å². The number of nitrogens with one attached hydrogen (secondary N) is 1. The summed E-state index contributed by atoms with van der Waals surface area (Å²) >= 11 is 2.81. The molecule has 0 saturated carbocycles. The van der Waals surface area contributed by atoms with E-state index < -0.39 is 0 Å². The number of benzene rings is 1. The fourth-order valence-electron chi connectivity index (χ4n) is 2.21. The molecule has 0 saturated heterocycles. The number of nitrogens with zero attached hydrogens (tertiary/aromatic N) is 2. The normalized spacial score (nSPS) is 12.7. The zero-order chi connectivity index (χ0) is 16.4. The van der Waals surface area contributed by atoms with Gasteiger partial charge in [-0.1, -0.05) is 24.8 Å². The topological polar surface area (TPSA) is 54.9 Å². The smallest absolute Gasteiger partial charge is 0.230 e. The van der Waals surface area contributed by atoms with Crippen LogP contribution in [0.3, 0.4) is 0 Å². The fraction of sp³-hybridized carbons (Fsp3) is 0.312. The zero-order valence-electron chi connectivity index (χ0n) is 12.8. The van der Waals surface area contributed by atoms with E-state index in [-0.39, 0.29) is 23.5 Å². The van der Waals surface area contributed by atoms with Gasteiger partial charge in [0.05, 0.1) is 21.4 Å². The minimum atomic E-state index is -0.280. The molecule has 3 rings (SSSR count). The van der Waals surface area contributed by atoms with E-state index >= 15 is 0 Å². The van der Waals surface area contributed by atoms with E-state index in [2.05, 4.69) is 15.3 Å². The summed E-state index contributed by atoms with van der Waals surface area (Å²) in [4.78, 5) is 20.4. The number of halogens is 1. The van der Waals surface area contributed by atoms with Crippen LogP contribution in [0.5, 0.6) is 0 Å². The summed E-state index contributed by atoms with van der Waals surface area (Å²) in [6, 6.07) is 5.15. The van der Waals surface area contributed by atoms with Gasteiger partial charge in [-0.3, -0.25) is 4.79 Å². The van der Waals surface area contributed by atoms with Crippen LogP contribution in [0.1, 0.15) is 20.3 Å². The van der Waals surface area contributed by atoms with Crippen molar-refractivity contribution in [1.29, 1.82) is 0 Å². The first-order valence-corrected chi connectivity index (χ1v) is 9.14. The second kappa shape index (κ2) is 6.80. The summed E-state index contributed by atoms with van der Waals surface area (Å²) in [7, 11) is 0. The lowest BCUT2D eigenvalue weighted by atomic mass is 10.2. The highest BCUT2D eigenvalue weighted by Crippen LogP contribution is 2.38. The molecule has 23 heavy (non-hydrogen) atoms. The average molecular weight is 349 g/mol. The van der Waals surface area contributed by atoms with Gasteiger partial charge in [0.15, 0.2) is 0 Å². The minimum Gasteiger partial charge on any atom is -0.353 e. The Labute approximate surface area is 141 Å². The molecule has 1 unspecified atom stereocenters. The predicted octanol–water partition coefficient (Wildman–Crippen LogP) is 3.99. The van der Waals surface area contributed by atoms with Crippen LogP contribution in [0.15, 0.2) is 29.6 Å². The van der Waals surface area contributed by atoms with E-state index in [0.29, 0.717) is 10.9 Å². The number of hydrogen-bond donors (Lipinski definition) is 1. The fourth-order valence-corrected chi connectivity index (χ4v) is 4.27. The summed E-state index contributed by atoms with van der Waals surface area (Å²) in [6.45, 7) is 4.00. The van der Waals surface area contributed by atoms with Crippen LogP contribution in [-0.2, 0) is 4.79 Å². The van der Waals surface area contributed by atoms with E-state index in [9.17, 15) is 9.18 Å². The summed E-state index contributed by atoms with van der Waals surface area (Å²) in [5, 5.41) is 4.17. The molecule has 0 aliphatic heterocycles. The molecule has 2 heterocycles. The van der Waals surface area contributed by atoms with Crippen molar-refractivity contribution >= 4 is 49.3 Å². The van der Waals surface area contributed by atoms with Crippen LogP contribution < -0.4 is 5.32 Å². The van der Waals surface area contributed by atoms with Gasteiger partial charge < -0.3 is 5.32 Å². The summed E-state index contributed by atoms with van der Waals surface area (Å²) in [5.41, 5.74) is 0.614. The Bertz CT molecular complexity index is 865. The molecule has 2 aromatic heterocycles. The molecule has 1 aromatic carbocycles. The molecular formula is C16H16FN3OS2. The highest BCUT2D eigenvalue weighted by atomic mass is 32.2. The second-order valence-corrected chi connectivity index (χ2v) is 7.25. The standard InChI is InChI=1S/C16H16FN3OS2/c1-3-9(2)20-12(21)7-22-16-15-14(18-8-19-16)13-10(17)5-4-6-11(13)23-15/h4-6,8-9H,3,7H2,1-2H3,(H,20,21). The number of carbonyl (C=O) groups is 1. The van der Waals surface area contributed by atoms with Crippen LogP contribution in [0.4, 0.5) is 4.39 Å². The number of thiophene rings is 1. The lowest BCUT2D eigenvalue weighted by Crippen LogP contribution is -2.33. The lowest BCUT2D eigenvalue weighted by molar-refractivity contribution is -0.119. The number of hydrogen-bond acceptors (Lipinski definition) is 5. The molecule has 0 radical (unpaired) electrons. The Morgan fingerprint density at radius 2 is 2.26 bits per heavy atom. The quantitative estimate of drug-likeness (QED) is 0.559. The molecule has 0 fully saturated rings. The third-order valence-electron chi connectivity index (χ3n) is 3.56. The molecule has 3 aromatic rings. The first-order valence-electron chi connectivity index (χ1n) is 7.34. The molecular weight excluding hydrogens is 333 g/mol. The molecule has 0 spiro atoms. The van der Waals surface area contributed by atoms with E-state index in [0.717, 1.165) is 20.8 Å².